The normalized spacial score (nSPS) is 12.9. The molecular formula is C14H17ClIN3O. The Morgan fingerprint density at radius 1 is 1.40 bits per heavy atom. The molecule has 0 spiro atoms. The van der Waals surface area contributed by atoms with Crippen LogP contribution in [0.4, 0.5) is 0 Å². The van der Waals surface area contributed by atoms with Crippen LogP contribution in [0.3, 0.4) is 0 Å². The lowest BCUT2D eigenvalue weighted by Crippen LogP contribution is -2.21. The number of nitrogens with zero attached hydrogens (tertiary/aromatic N) is 3. The van der Waals surface area contributed by atoms with Crippen molar-refractivity contribution < 1.29 is 5.11 Å². The van der Waals surface area contributed by atoms with Crippen molar-refractivity contribution in [1.29, 1.82) is 0 Å². The second-order valence-corrected chi connectivity index (χ2v) is 6.40. The largest absolute Gasteiger partial charge is 0.382 e. The SMILES string of the molecule is CN(C)CCn1ncc(Cl)c1C(O)c1ccccc1I. The Morgan fingerprint density at radius 2 is 2.10 bits per heavy atom. The van der Waals surface area contributed by atoms with E-state index in [1.54, 1.807) is 10.9 Å². The zero-order valence-electron chi connectivity index (χ0n) is 11.4. The molecule has 2 rings (SSSR count). The molecule has 1 N–H and O–H groups in total. The summed E-state index contributed by atoms with van der Waals surface area (Å²) < 4.78 is 2.78. The van der Waals surface area contributed by atoms with Gasteiger partial charge in [0.2, 0.25) is 0 Å². The van der Waals surface area contributed by atoms with Gasteiger partial charge in [0.1, 0.15) is 6.10 Å². The number of hydrogen-bond donors (Lipinski definition) is 1. The van der Waals surface area contributed by atoms with Crippen LogP contribution in [0.15, 0.2) is 30.5 Å². The molecule has 1 atom stereocenters. The van der Waals surface area contributed by atoms with E-state index in [0.717, 1.165) is 15.7 Å². The first-order chi connectivity index (χ1) is 9.50. The highest BCUT2D eigenvalue weighted by Gasteiger charge is 2.21. The monoisotopic (exact) mass is 405 g/mol. The first-order valence-electron chi connectivity index (χ1n) is 6.29. The van der Waals surface area contributed by atoms with Crippen molar-refractivity contribution in [1.82, 2.24) is 14.7 Å². The molecule has 0 saturated heterocycles. The molecule has 0 aliphatic carbocycles. The highest BCUT2D eigenvalue weighted by molar-refractivity contribution is 14.1. The molecule has 0 amide bonds. The summed E-state index contributed by atoms with van der Waals surface area (Å²) >= 11 is 8.41. The maximum atomic E-state index is 10.6. The second kappa shape index (κ2) is 6.89. The van der Waals surface area contributed by atoms with E-state index >= 15 is 0 Å². The van der Waals surface area contributed by atoms with E-state index < -0.39 is 6.10 Å². The van der Waals surface area contributed by atoms with Gasteiger partial charge in [-0.25, -0.2) is 0 Å². The zero-order valence-corrected chi connectivity index (χ0v) is 14.3. The van der Waals surface area contributed by atoms with Crippen molar-refractivity contribution in [3.63, 3.8) is 0 Å². The van der Waals surface area contributed by atoms with Crippen molar-refractivity contribution >= 4 is 34.2 Å². The summed E-state index contributed by atoms with van der Waals surface area (Å²) in [5.41, 5.74) is 1.50. The minimum atomic E-state index is -0.764. The van der Waals surface area contributed by atoms with Crippen LogP contribution in [-0.2, 0) is 6.54 Å². The molecule has 1 aromatic carbocycles. The van der Waals surface area contributed by atoms with Crippen LogP contribution in [0, 0.1) is 3.57 Å². The number of aromatic nitrogens is 2. The van der Waals surface area contributed by atoms with Crippen molar-refractivity contribution in [2.45, 2.75) is 12.6 Å². The minimum absolute atomic E-state index is 0.496. The van der Waals surface area contributed by atoms with E-state index in [1.165, 1.54) is 0 Å². The number of aliphatic hydroxyl groups excluding tert-OH is 1. The molecule has 1 unspecified atom stereocenters. The molecule has 0 aliphatic heterocycles. The topological polar surface area (TPSA) is 41.3 Å². The quantitative estimate of drug-likeness (QED) is 0.778. The van der Waals surface area contributed by atoms with Gasteiger partial charge in [0.25, 0.3) is 0 Å². The van der Waals surface area contributed by atoms with Crippen LogP contribution in [0.5, 0.6) is 0 Å². The average Bonchev–Trinajstić information content (AvgIpc) is 2.77. The van der Waals surface area contributed by atoms with Gasteiger partial charge in [-0.05, 0) is 48.3 Å². The Bertz CT molecular complexity index is 586. The molecule has 4 nitrogen and oxygen atoms in total. The molecule has 0 saturated carbocycles. The lowest BCUT2D eigenvalue weighted by Gasteiger charge is -2.17. The summed E-state index contributed by atoms with van der Waals surface area (Å²) in [4.78, 5) is 2.07. The highest BCUT2D eigenvalue weighted by Crippen LogP contribution is 2.30. The Hall–Kier alpha value is -0.630. The van der Waals surface area contributed by atoms with Crippen LogP contribution < -0.4 is 0 Å². The van der Waals surface area contributed by atoms with Crippen molar-refractivity contribution in [2.75, 3.05) is 20.6 Å². The third kappa shape index (κ3) is 3.52. The first kappa shape index (κ1) is 15.8. The predicted octanol–water partition coefficient (Wildman–Crippen LogP) is 2.78. The van der Waals surface area contributed by atoms with Gasteiger partial charge < -0.3 is 10.0 Å². The van der Waals surface area contributed by atoms with Gasteiger partial charge in [0.15, 0.2) is 0 Å². The number of benzene rings is 1. The van der Waals surface area contributed by atoms with E-state index in [0.29, 0.717) is 17.3 Å². The van der Waals surface area contributed by atoms with E-state index in [-0.39, 0.29) is 0 Å². The Kier molecular flexibility index (Phi) is 5.42. The molecule has 6 heteroatoms. The molecule has 0 bridgehead atoms. The Labute approximate surface area is 137 Å². The summed E-state index contributed by atoms with van der Waals surface area (Å²) in [7, 11) is 4.00. The molecule has 108 valence electrons. The van der Waals surface area contributed by atoms with Gasteiger partial charge in [-0.1, -0.05) is 29.8 Å². The molecule has 0 aliphatic rings. The molecule has 1 aromatic heterocycles. The third-order valence-corrected chi connectivity index (χ3v) is 4.32. The van der Waals surface area contributed by atoms with E-state index in [9.17, 15) is 5.11 Å². The van der Waals surface area contributed by atoms with Gasteiger partial charge >= 0.3 is 0 Å². The number of hydrogen-bond acceptors (Lipinski definition) is 3. The molecular weight excluding hydrogens is 389 g/mol. The van der Waals surface area contributed by atoms with Crippen molar-refractivity contribution in [3.8, 4) is 0 Å². The van der Waals surface area contributed by atoms with Gasteiger partial charge in [0, 0.05) is 10.1 Å². The molecule has 2 aromatic rings. The number of rotatable bonds is 5. The van der Waals surface area contributed by atoms with E-state index in [1.807, 2.05) is 38.4 Å². The molecule has 1 heterocycles. The maximum Gasteiger partial charge on any atom is 0.123 e. The number of likely N-dealkylation sites (N-methyl/N-ethyl adjacent to an activating group) is 1. The zero-order chi connectivity index (χ0) is 14.7. The van der Waals surface area contributed by atoms with Gasteiger partial charge in [-0.15, -0.1) is 0 Å². The van der Waals surface area contributed by atoms with E-state index in [2.05, 4.69) is 32.6 Å². The van der Waals surface area contributed by atoms with Crippen molar-refractivity contribution in [2.24, 2.45) is 0 Å². The average molecular weight is 406 g/mol. The van der Waals surface area contributed by atoms with Gasteiger partial charge in [-0.3, -0.25) is 4.68 Å². The lowest BCUT2D eigenvalue weighted by molar-refractivity contribution is 0.205. The summed E-state index contributed by atoms with van der Waals surface area (Å²) in [6, 6.07) is 7.73. The third-order valence-electron chi connectivity index (χ3n) is 3.05. The number of aliphatic hydroxyl groups is 1. The standard InChI is InChI=1S/C14H17ClIN3O/c1-18(2)7-8-19-13(11(15)9-17-19)14(20)10-5-3-4-6-12(10)16/h3-6,9,14,20H,7-8H2,1-2H3. The van der Waals surface area contributed by atoms with Crippen LogP contribution >= 0.6 is 34.2 Å². The van der Waals surface area contributed by atoms with Crippen LogP contribution in [0.2, 0.25) is 5.02 Å². The summed E-state index contributed by atoms with van der Waals surface area (Å²) in [5.74, 6) is 0. The summed E-state index contributed by atoms with van der Waals surface area (Å²) in [6.07, 6.45) is 0.825. The predicted molar refractivity (Wildman–Crippen MR) is 89.0 cm³/mol. The maximum absolute atomic E-state index is 10.6. The molecule has 0 fully saturated rings. The van der Waals surface area contributed by atoms with Gasteiger partial charge in [0.05, 0.1) is 23.5 Å². The second-order valence-electron chi connectivity index (χ2n) is 4.83. The summed E-state index contributed by atoms with van der Waals surface area (Å²) in [5, 5.41) is 15.4. The number of halogens is 2. The van der Waals surface area contributed by atoms with Crippen LogP contribution in [-0.4, -0.2) is 40.4 Å². The molecule has 20 heavy (non-hydrogen) atoms. The van der Waals surface area contributed by atoms with E-state index in [4.69, 9.17) is 11.6 Å². The van der Waals surface area contributed by atoms with Crippen LogP contribution in [0.1, 0.15) is 17.4 Å². The molecule has 0 radical (unpaired) electrons. The minimum Gasteiger partial charge on any atom is -0.382 e. The van der Waals surface area contributed by atoms with Crippen molar-refractivity contribution in [3.05, 3.63) is 50.3 Å². The fraction of sp³-hybridized carbons (Fsp3) is 0.357. The lowest BCUT2D eigenvalue weighted by atomic mass is 10.1. The van der Waals surface area contributed by atoms with Gasteiger partial charge in [-0.2, -0.15) is 5.10 Å². The summed E-state index contributed by atoms with van der Waals surface area (Å²) in [6.45, 7) is 1.53. The first-order valence-corrected chi connectivity index (χ1v) is 7.74. The smallest absolute Gasteiger partial charge is 0.123 e. The highest BCUT2D eigenvalue weighted by atomic mass is 127. The van der Waals surface area contributed by atoms with Crippen LogP contribution in [0.25, 0.3) is 0 Å². The fourth-order valence-electron chi connectivity index (χ4n) is 1.96. The fourth-order valence-corrected chi connectivity index (χ4v) is 2.89. The Morgan fingerprint density at radius 3 is 2.75 bits per heavy atom. The Balaban J connectivity index is 2.32.